The fourth-order valence-electron chi connectivity index (χ4n) is 2.76. The molecule has 0 fully saturated rings. The van der Waals surface area contributed by atoms with Crippen LogP contribution < -0.4 is 4.57 Å². The number of nitro groups is 1. The molecule has 2 aromatic carbocycles. The number of benzene rings is 2. The van der Waals surface area contributed by atoms with Gasteiger partial charge >= 0.3 is 0 Å². The van der Waals surface area contributed by atoms with Crippen molar-refractivity contribution in [1.82, 2.24) is 0 Å². The first kappa shape index (κ1) is 16.4. The highest BCUT2D eigenvalue weighted by Crippen LogP contribution is 2.16. The Morgan fingerprint density at radius 1 is 0.920 bits per heavy atom. The molecule has 0 aliphatic heterocycles. The molecule has 6 nitrogen and oxygen atoms in total. The van der Waals surface area contributed by atoms with Crippen molar-refractivity contribution in [3.05, 3.63) is 88.2 Å². The predicted molar refractivity (Wildman–Crippen MR) is 91.1 cm³/mol. The van der Waals surface area contributed by atoms with Gasteiger partial charge in [-0.3, -0.25) is 19.7 Å². The van der Waals surface area contributed by atoms with E-state index in [-0.39, 0.29) is 18.0 Å². The lowest BCUT2D eigenvalue weighted by Crippen LogP contribution is -2.44. The maximum Gasteiger partial charge on any atom is 0.297 e. The van der Waals surface area contributed by atoms with E-state index in [0.29, 0.717) is 10.9 Å². The molecule has 0 N–H and O–H groups in total. The van der Waals surface area contributed by atoms with Crippen molar-refractivity contribution in [2.24, 2.45) is 0 Å². The summed E-state index contributed by atoms with van der Waals surface area (Å²) in [7, 11) is 0. The maximum absolute atomic E-state index is 12.5. The lowest BCUT2D eigenvalue weighted by atomic mass is 10.1. The van der Waals surface area contributed by atoms with E-state index in [1.165, 1.54) is 4.57 Å². The van der Waals surface area contributed by atoms with Crippen molar-refractivity contribution in [3.8, 4) is 0 Å². The molecule has 6 heteroatoms. The van der Waals surface area contributed by atoms with Crippen molar-refractivity contribution in [2.45, 2.75) is 6.54 Å². The van der Waals surface area contributed by atoms with Gasteiger partial charge in [-0.2, -0.15) is 4.57 Å². The van der Waals surface area contributed by atoms with Crippen molar-refractivity contribution in [1.29, 1.82) is 0 Å². The van der Waals surface area contributed by atoms with E-state index < -0.39 is 17.3 Å². The van der Waals surface area contributed by atoms with Crippen LogP contribution in [0.1, 0.15) is 20.8 Å². The number of hydrogen-bond donors (Lipinski definition) is 0. The number of rotatable bonds is 6. The first-order valence-corrected chi connectivity index (χ1v) is 7.70. The summed E-state index contributed by atoms with van der Waals surface area (Å²) in [6, 6.07) is 17.6. The molecule has 124 valence electrons. The van der Waals surface area contributed by atoms with Crippen LogP contribution in [0.25, 0.3) is 10.8 Å². The van der Waals surface area contributed by atoms with Crippen LogP contribution >= 0.6 is 0 Å². The molecule has 0 spiro atoms. The molecule has 0 radical (unpaired) electrons. The van der Waals surface area contributed by atoms with Crippen LogP contribution in [0.5, 0.6) is 0 Å². The second-order valence-electron chi connectivity index (χ2n) is 5.58. The van der Waals surface area contributed by atoms with Crippen molar-refractivity contribution in [3.63, 3.8) is 0 Å². The average Bonchev–Trinajstić information content (AvgIpc) is 2.61. The SMILES string of the molecule is O=C(C[n+]1ccc2ccccc2c1C(=O)C[N+](=O)[O-])c1ccccc1. The maximum atomic E-state index is 12.5. The molecular weight excluding hydrogens is 320 g/mol. The molecule has 0 atom stereocenters. The Kier molecular flexibility index (Phi) is 4.61. The van der Waals surface area contributed by atoms with Crippen molar-refractivity contribution < 1.29 is 19.1 Å². The number of pyridine rings is 1. The third kappa shape index (κ3) is 3.58. The first-order chi connectivity index (χ1) is 12.1. The summed E-state index contributed by atoms with van der Waals surface area (Å²) in [4.78, 5) is 35.0. The molecule has 0 amide bonds. The predicted octanol–water partition coefficient (Wildman–Crippen LogP) is 2.47. The molecule has 1 aromatic heterocycles. The molecule has 0 unspecified atom stereocenters. The molecule has 0 bridgehead atoms. The van der Waals surface area contributed by atoms with Crippen LogP contribution in [-0.2, 0) is 6.54 Å². The number of aromatic nitrogens is 1. The van der Waals surface area contributed by atoms with Crippen LogP contribution in [0.15, 0.2) is 66.9 Å². The summed E-state index contributed by atoms with van der Waals surface area (Å²) in [5, 5.41) is 12.2. The molecule has 25 heavy (non-hydrogen) atoms. The zero-order valence-electron chi connectivity index (χ0n) is 13.3. The second-order valence-corrected chi connectivity index (χ2v) is 5.58. The van der Waals surface area contributed by atoms with Gasteiger partial charge in [-0.1, -0.05) is 48.5 Å². The normalized spacial score (nSPS) is 10.6. The third-order valence-corrected chi connectivity index (χ3v) is 3.88. The van der Waals surface area contributed by atoms with Gasteiger partial charge in [0.2, 0.25) is 12.3 Å². The third-order valence-electron chi connectivity index (χ3n) is 3.88. The number of nitrogens with zero attached hydrogens (tertiary/aromatic N) is 2. The summed E-state index contributed by atoms with van der Waals surface area (Å²) >= 11 is 0. The van der Waals surface area contributed by atoms with Crippen molar-refractivity contribution in [2.75, 3.05) is 6.54 Å². The van der Waals surface area contributed by atoms with Gasteiger partial charge in [0.15, 0.2) is 6.20 Å². The Morgan fingerprint density at radius 3 is 2.32 bits per heavy atom. The smallest absolute Gasteiger partial charge is 0.287 e. The summed E-state index contributed by atoms with van der Waals surface area (Å²) in [5.41, 5.74) is 0.704. The molecule has 0 aliphatic rings. The molecule has 3 aromatic rings. The van der Waals surface area contributed by atoms with E-state index >= 15 is 0 Å². The molecular formula is C19H15N2O4+. The highest BCUT2D eigenvalue weighted by molar-refractivity contribution is 6.05. The zero-order chi connectivity index (χ0) is 17.8. The minimum atomic E-state index is -0.812. The highest BCUT2D eigenvalue weighted by atomic mass is 16.6. The van der Waals surface area contributed by atoms with E-state index in [1.807, 2.05) is 18.2 Å². The fraction of sp³-hybridized carbons (Fsp3) is 0.105. The second kappa shape index (κ2) is 7.00. The summed E-state index contributed by atoms with van der Waals surface area (Å²) in [6.07, 6.45) is 1.62. The number of hydrogen-bond acceptors (Lipinski definition) is 4. The summed E-state index contributed by atoms with van der Waals surface area (Å²) in [5.74, 6) is -0.793. The minimum Gasteiger partial charge on any atom is -0.287 e. The zero-order valence-corrected chi connectivity index (χ0v) is 13.3. The van der Waals surface area contributed by atoms with Gasteiger partial charge in [0, 0.05) is 16.6 Å². The van der Waals surface area contributed by atoms with Gasteiger partial charge in [0.05, 0.1) is 5.39 Å². The van der Waals surface area contributed by atoms with Gasteiger partial charge < -0.3 is 0 Å². The largest absolute Gasteiger partial charge is 0.297 e. The molecule has 0 aliphatic carbocycles. The van der Waals surface area contributed by atoms with Crippen molar-refractivity contribution >= 4 is 22.3 Å². The van der Waals surface area contributed by atoms with Crippen LogP contribution in [0.4, 0.5) is 0 Å². The topological polar surface area (TPSA) is 81.2 Å². The van der Waals surface area contributed by atoms with Crippen LogP contribution in [-0.4, -0.2) is 23.0 Å². The number of carbonyl (C=O) groups excluding carboxylic acids is 2. The average molecular weight is 335 g/mol. The Morgan fingerprint density at radius 2 is 1.60 bits per heavy atom. The monoisotopic (exact) mass is 335 g/mol. The standard InChI is InChI=1S/C19H15N2O4/c22-17(15-7-2-1-3-8-15)12-20-11-10-14-6-4-5-9-16(14)19(20)18(23)13-21(24)25/h1-11H,12-13H2/q+1. The van der Waals surface area contributed by atoms with Crippen LogP contribution in [0.3, 0.4) is 0 Å². The van der Waals surface area contributed by atoms with Gasteiger partial charge in [-0.05, 0) is 11.5 Å². The van der Waals surface area contributed by atoms with Gasteiger partial charge in [-0.15, -0.1) is 0 Å². The molecule has 1 heterocycles. The number of fused-ring (bicyclic) bond motifs is 1. The van der Waals surface area contributed by atoms with E-state index in [9.17, 15) is 19.7 Å². The van der Waals surface area contributed by atoms with Crippen LogP contribution in [0.2, 0.25) is 0 Å². The quantitative estimate of drug-likeness (QED) is 0.300. The molecule has 3 rings (SSSR count). The first-order valence-electron chi connectivity index (χ1n) is 7.70. The Balaban J connectivity index is 2.06. The van der Waals surface area contributed by atoms with E-state index in [2.05, 4.69) is 0 Å². The molecule has 0 saturated carbocycles. The lowest BCUT2D eigenvalue weighted by molar-refractivity contribution is -0.684. The fourth-order valence-corrected chi connectivity index (χ4v) is 2.76. The highest BCUT2D eigenvalue weighted by Gasteiger charge is 2.28. The Hall–Kier alpha value is -3.41. The Bertz CT molecular complexity index is 968. The van der Waals surface area contributed by atoms with Gasteiger partial charge in [0.1, 0.15) is 0 Å². The van der Waals surface area contributed by atoms with Gasteiger partial charge in [0.25, 0.3) is 18.0 Å². The van der Waals surface area contributed by atoms with E-state index in [1.54, 1.807) is 48.7 Å². The number of ketones is 2. The Labute approximate surface area is 143 Å². The number of carbonyl (C=O) groups is 2. The summed E-state index contributed by atoms with van der Waals surface area (Å²) in [6.45, 7) is -0.874. The number of Topliss-reactive ketones (excluding diaryl/α,β-unsaturated/α-hetero) is 2. The van der Waals surface area contributed by atoms with E-state index in [0.717, 1.165) is 5.39 Å². The molecule has 0 saturated heterocycles. The lowest BCUT2D eigenvalue weighted by Gasteiger charge is -2.05. The van der Waals surface area contributed by atoms with E-state index in [4.69, 9.17) is 0 Å². The minimum absolute atomic E-state index is 0.0619. The summed E-state index contributed by atoms with van der Waals surface area (Å²) < 4.78 is 1.49. The van der Waals surface area contributed by atoms with Crippen LogP contribution in [0, 0.1) is 10.1 Å². The van der Waals surface area contributed by atoms with Gasteiger partial charge in [-0.25, -0.2) is 0 Å².